The largest absolute Gasteiger partial charge is 0.508 e. The van der Waals surface area contributed by atoms with Crippen molar-refractivity contribution in [2.24, 2.45) is 5.73 Å². The number of nitrogens with two attached hydrogens (primary N) is 1. The zero-order valence-corrected chi connectivity index (χ0v) is 11.1. The minimum Gasteiger partial charge on any atom is -0.508 e. The first-order chi connectivity index (χ1) is 9.05. The van der Waals surface area contributed by atoms with E-state index in [2.05, 4.69) is 0 Å². The van der Waals surface area contributed by atoms with Crippen molar-refractivity contribution in [2.75, 3.05) is 13.2 Å². The molecule has 0 radical (unpaired) electrons. The van der Waals surface area contributed by atoms with E-state index in [9.17, 15) is 9.90 Å². The summed E-state index contributed by atoms with van der Waals surface area (Å²) in [7, 11) is 0. The van der Waals surface area contributed by atoms with E-state index in [0.717, 1.165) is 18.4 Å². The summed E-state index contributed by atoms with van der Waals surface area (Å²) in [6, 6.07) is 6.86. The Kier molecular flexibility index (Phi) is 3.95. The number of hydrogen-bond donors (Lipinski definition) is 2. The molecule has 1 fully saturated rings. The summed E-state index contributed by atoms with van der Waals surface area (Å²) < 4.78 is 5.17. The topological polar surface area (TPSA) is 75.8 Å². The van der Waals surface area contributed by atoms with Gasteiger partial charge in [0.25, 0.3) is 0 Å². The maximum absolute atomic E-state index is 11.8. The van der Waals surface area contributed by atoms with Crippen LogP contribution in [-0.4, -0.2) is 34.8 Å². The second kappa shape index (κ2) is 5.48. The van der Waals surface area contributed by atoms with Crippen LogP contribution in [0.5, 0.6) is 5.75 Å². The molecule has 3 N–H and O–H groups in total. The van der Waals surface area contributed by atoms with Gasteiger partial charge in [0.05, 0.1) is 5.54 Å². The number of phenols is 1. The molecule has 0 aromatic heterocycles. The summed E-state index contributed by atoms with van der Waals surface area (Å²) in [4.78, 5) is 13.6. The lowest BCUT2D eigenvalue weighted by atomic mass is 9.95. The van der Waals surface area contributed by atoms with Gasteiger partial charge in [-0.15, -0.1) is 0 Å². The molecule has 1 aromatic rings. The van der Waals surface area contributed by atoms with E-state index in [1.165, 1.54) is 0 Å². The highest BCUT2D eigenvalue weighted by Gasteiger charge is 2.42. The van der Waals surface area contributed by atoms with E-state index in [1.54, 1.807) is 17.0 Å². The summed E-state index contributed by atoms with van der Waals surface area (Å²) in [5.41, 5.74) is 6.21. The maximum Gasteiger partial charge on any atom is 0.410 e. The van der Waals surface area contributed by atoms with Gasteiger partial charge in [-0.25, -0.2) is 4.79 Å². The van der Waals surface area contributed by atoms with Crippen molar-refractivity contribution < 1.29 is 14.6 Å². The van der Waals surface area contributed by atoms with Gasteiger partial charge in [-0.3, -0.25) is 4.90 Å². The Morgan fingerprint density at radius 2 is 2.11 bits per heavy atom. The summed E-state index contributed by atoms with van der Waals surface area (Å²) in [5.74, 6) is 0.221. The molecule has 1 saturated heterocycles. The van der Waals surface area contributed by atoms with E-state index in [1.807, 2.05) is 19.1 Å². The molecular weight excluding hydrogens is 244 g/mol. The fourth-order valence-corrected chi connectivity index (χ4v) is 2.32. The van der Waals surface area contributed by atoms with E-state index < -0.39 is 0 Å². The van der Waals surface area contributed by atoms with Gasteiger partial charge in [-0.05, 0) is 44.0 Å². The monoisotopic (exact) mass is 264 g/mol. The number of carbonyl (C=O) groups is 1. The Hall–Kier alpha value is -1.75. The predicted molar refractivity (Wildman–Crippen MR) is 71.7 cm³/mol. The van der Waals surface area contributed by atoms with Crippen LogP contribution in [0.2, 0.25) is 0 Å². The lowest BCUT2D eigenvalue weighted by Crippen LogP contribution is -2.44. The van der Waals surface area contributed by atoms with Gasteiger partial charge in [0.1, 0.15) is 12.4 Å². The van der Waals surface area contributed by atoms with Gasteiger partial charge in [-0.2, -0.15) is 0 Å². The van der Waals surface area contributed by atoms with Crippen LogP contribution in [0.4, 0.5) is 4.79 Å². The zero-order chi connectivity index (χ0) is 13.9. The fourth-order valence-electron chi connectivity index (χ4n) is 2.32. The van der Waals surface area contributed by atoms with E-state index in [0.29, 0.717) is 19.7 Å². The molecule has 0 saturated carbocycles. The standard InChI is InChI=1S/C14H20N2O3/c1-14(7-2-8-15)10-19-13(18)16(14)9-11-3-5-12(17)6-4-11/h3-6,17H,2,7-10,15H2,1H3. The number of aromatic hydroxyl groups is 1. The number of ether oxygens (including phenoxy) is 1. The first kappa shape index (κ1) is 13.7. The van der Waals surface area contributed by atoms with Crippen LogP contribution in [0.3, 0.4) is 0 Å². The Morgan fingerprint density at radius 3 is 2.74 bits per heavy atom. The van der Waals surface area contributed by atoms with Crippen LogP contribution in [0.25, 0.3) is 0 Å². The first-order valence-electron chi connectivity index (χ1n) is 6.47. The molecule has 19 heavy (non-hydrogen) atoms. The molecule has 0 aliphatic carbocycles. The summed E-state index contributed by atoms with van der Waals surface area (Å²) in [6.45, 7) is 3.52. The van der Waals surface area contributed by atoms with Crippen LogP contribution >= 0.6 is 0 Å². The highest BCUT2D eigenvalue weighted by molar-refractivity contribution is 5.71. The molecule has 1 amide bonds. The average Bonchev–Trinajstić information content (AvgIpc) is 2.68. The number of rotatable bonds is 5. The first-order valence-corrected chi connectivity index (χ1v) is 6.47. The van der Waals surface area contributed by atoms with Gasteiger partial charge < -0.3 is 15.6 Å². The number of carbonyl (C=O) groups excluding carboxylic acids is 1. The predicted octanol–water partition coefficient (Wildman–Crippen LogP) is 1.84. The minimum absolute atomic E-state index is 0.221. The number of cyclic esters (lactones) is 1. The fraction of sp³-hybridized carbons (Fsp3) is 0.500. The van der Waals surface area contributed by atoms with Crippen molar-refractivity contribution >= 4 is 6.09 Å². The lowest BCUT2D eigenvalue weighted by Gasteiger charge is -2.32. The number of phenolic OH excluding ortho intramolecular Hbond substituents is 1. The number of benzene rings is 1. The van der Waals surface area contributed by atoms with Gasteiger partial charge >= 0.3 is 6.09 Å². The molecule has 1 aliphatic rings. The quantitative estimate of drug-likeness (QED) is 0.851. The van der Waals surface area contributed by atoms with Gasteiger partial charge in [0.2, 0.25) is 0 Å². The lowest BCUT2D eigenvalue weighted by molar-refractivity contribution is 0.147. The molecule has 1 unspecified atom stereocenters. The Bertz CT molecular complexity index is 447. The van der Waals surface area contributed by atoms with Gasteiger partial charge in [-0.1, -0.05) is 12.1 Å². The van der Waals surface area contributed by atoms with Crippen molar-refractivity contribution in [3.05, 3.63) is 29.8 Å². The number of hydrogen-bond acceptors (Lipinski definition) is 4. The maximum atomic E-state index is 11.8. The molecule has 1 aliphatic heterocycles. The third kappa shape index (κ3) is 2.98. The minimum atomic E-state index is -0.297. The van der Waals surface area contributed by atoms with Gasteiger partial charge in [0.15, 0.2) is 0 Å². The van der Waals surface area contributed by atoms with Crippen molar-refractivity contribution in [3.63, 3.8) is 0 Å². The SMILES string of the molecule is CC1(CCCN)COC(=O)N1Cc1ccc(O)cc1. The molecule has 5 nitrogen and oxygen atoms in total. The second-order valence-corrected chi connectivity index (χ2v) is 5.20. The third-order valence-corrected chi connectivity index (χ3v) is 3.58. The number of amides is 1. The van der Waals surface area contributed by atoms with Crippen LogP contribution < -0.4 is 5.73 Å². The molecule has 0 spiro atoms. The van der Waals surface area contributed by atoms with E-state index in [4.69, 9.17) is 10.5 Å². The summed E-state index contributed by atoms with van der Waals surface area (Å²) in [5, 5.41) is 9.27. The van der Waals surface area contributed by atoms with Crippen LogP contribution in [0, 0.1) is 0 Å². The second-order valence-electron chi connectivity index (χ2n) is 5.20. The molecule has 5 heteroatoms. The highest BCUT2D eigenvalue weighted by atomic mass is 16.6. The van der Waals surface area contributed by atoms with Crippen LogP contribution in [-0.2, 0) is 11.3 Å². The zero-order valence-electron chi connectivity index (χ0n) is 11.1. The summed E-state index contributed by atoms with van der Waals surface area (Å²) >= 11 is 0. The molecule has 1 heterocycles. The normalized spacial score (nSPS) is 22.6. The van der Waals surface area contributed by atoms with Crippen molar-refractivity contribution in [2.45, 2.75) is 31.8 Å². The van der Waals surface area contributed by atoms with Crippen molar-refractivity contribution in [3.8, 4) is 5.75 Å². The average molecular weight is 264 g/mol. The van der Waals surface area contributed by atoms with Crippen molar-refractivity contribution in [1.82, 2.24) is 4.90 Å². The number of nitrogens with zero attached hydrogens (tertiary/aromatic N) is 1. The van der Waals surface area contributed by atoms with Crippen LogP contribution in [0.15, 0.2) is 24.3 Å². The van der Waals surface area contributed by atoms with E-state index >= 15 is 0 Å². The molecular formula is C14H20N2O3. The van der Waals surface area contributed by atoms with Crippen molar-refractivity contribution in [1.29, 1.82) is 0 Å². The Balaban J connectivity index is 2.11. The Morgan fingerprint density at radius 1 is 1.42 bits per heavy atom. The Labute approximate surface area is 113 Å². The van der Waals surface area contributed by atoms with Crippen LogP contribution in [0.1, 0.15) is 25.3 Å². The molecule has 104 valence electrons. The van der Waals surface area contributed by atoms with Gasteiger partial charge in [0, 0.05) is 6.54 Å². The summed E-state index contributed by atoms with van der Waals surface area (Å²) in [6.07, 6.45) is 1.40. The molecule has 2 rings (SSSR count). The highest BCUT2D eigenvalue weighted by Crippen LogP contribution is 2.30. The molecule has 1 aromatic carbocycles. The molecule has 1 atom stereocenters. The third-order valence-electron chi connectivity index (χ3n) is 3.58. The smallest absolute Gasteiger partial charge is 0.410 e. The molecule has 0 bridgehead atoms. The van der Waals surface area contributed by atoms with E-state index in [-0.39, 0.29) is 17.4 Å².